The van der Waals surface area contributed by atoms with E-state index >= 15 is 0 Å². The Labute approximate surface area is 148 Å². The molecule has 6 nitrogen and oxygen atoms in total. The van der Waals surface area contributed by atoms with E-state index in [4.69, 9.17) is 4.52 Å². The van der Waals surface area contributed by atoms with E-state index < -0.39 is 17.4 Å². The molecule has 2 rings (SSSR count). The second kappa shape index (κ2) is 7.95. The van der Waals surface area contributed by atoms with Crippen LogP contribution in [0.2, 0.25) is 0 Å². The van der Waals surface area contributed by atoms with E-state index in [0.29, 0.717) is 5.30 Å². The Balaban J connectivity index is 2.36. The van der Waals surface area contributed by atoms with Crippen LogP contribution in [0, 0.1) is 6.92 Å². The molecule has 0 aliphatic heterocycles. The quantitative estimate of drug-likeness (QED) is 0.454. The first-order chi connectivity index (χ1) is 11.8. The van der Waals surface area contributed by atoms with E-state index in [1.54, 1.807) is 49.4 Å². The molecule has 134 valence electrons. The van der Waals surface area contributed by atoms with Gasteiger partial charge in [-0.1, -0.05) is 42.8 Å². The molecule has 0 aromatic heterocycles. The molecule has 0 amide bonds. The highest BCUT2D eigenvalue weighted by atomic mass is 32.2. The van der Waals surface area contributed by atoms with Crippen molar-refractivity contribution in [2.75, 3.05) is 7.11 Å². The largest absolute Gasteiger partial charge is 0.325 e. The Bertz CT molecular complexity index is 894. The first-order valence-electron chi connectivity index (χ1n) is 7.70. The SMILES string of the molecule is CC/C(=N/NS(=O)(=O)c1ccc(C)cc1)P(=O)(OC)c1ccccc1. The van der Waals surface area contributed by atoms with Crippen molar-refractivity contribution < 1.29 is 17.5 Å². The van der Waals surface area contributed by atoms with Crippen LogP contribution in [0.25, 0.3) is 0 Å². The van der Waals surface area contributed by atoms with Crippen LogP contribution in [0.4, 0.5) is 0 Å². The summed E-state index contributed by atoms with van der Waals surface area (Å²) in [6, 6.07) is 15.0. The summed E-state index contributed by atoms with van der Waals surface area (Å²) in [6.07, 6.45) is 0.274. The minimum atomic E-state index is -3.85. The molecule has 25 heavy (non-hydrogen) atoms. The maximum atomic E-state index is 13.2. The maximum absolute atomic E-state index is 13.2. The van der Waals surface area contributed by atoms with Crippen molar-refractivity contribution in [3.63, 3.8) is 0 Å². The van der Waals surface area contributed by atoms with Crippen molar-refractivity contribution in [2.24, 2.45) is 5.10 Å². The first kappa shape index (κ1) is 19.4. The van der Waals surface area contributed by atoms with Gasteiger partial charge in [-0.25, -0.2) is 0 Å². The van der Waals surface area contributed by atoms with Gasteiger partial charge < -0.3 is 4.52 Å². The average molecular weight is 380 g/mol. The minimum absolute atomic E-state index is 0.0873. The lowest BCUT2D eigenvalue weighted by molar-refractivity contribution is 0.414. The van der Waals surface area contributed by atoms with Gasteiger partial charge in [0.15, 0.2) is 0 Å². The minimum Gasteiger partial charge on any atom is -0.325 e. The van der Waals surface area contributed by atoms with E-state index in [-0.39, 0.29) is 16.8 Å². The summed E-state index contributed by atoms with van der Waals surface area (Å²) in [7, 11) is -5.95. The van der Waals surface area contributed by atoms with Crippen LogP contribution < -0.4 is 10.1 Å². The molecule has 0 aliphatic rings. The Morgan fingerprint density at radius 1 is 1.12 bits per heavy atom. The molecular formula is C17H21N2O4PS. The number of nitrogens with one attached hydrogen (secondary N) is 1. The third-order valence-electron chi connectivity index (χ3n) is 3.64. The number of aryl methyl sites for hydroxylation is 1. The molecule has 1 atom stereocenters. The lowest BCUT2D eigenvalue weighted by Gasteiger charge is -2.18. The van der Waals surface area contributed by atoms with Gasteiger partial charge in [-0.2, -0.15) is 18.4 Å². The number of hydrogen-bond acceptors (Lipinski definition) is 5. The van der Waals surface area contributed by atoms with Crippen LogP contribution in [0.3, 0.4) is 0 Å². The van der Waals surface area contributed by atoms with Crippen LogP contribution in [-0.4, -0.2) is 21.0 Å². The van der Waals surface area contributed by atoms with Crippen molar-refractivity contribution in [1.29, 1.82) is 0 Å². The number of nitrogens with zero attached hydrogens (tertiary/aromatic N) is 1. The molecule has 0 radical (unpaired) electrons. The summed E-state index contributed by atoms with van der Waals surface area (Å²) in [4.78, 5) is 2.25. The van der Waals surface area contributed by atoms with E-state index in [1.165, 1.54) is 19.2 Å². The lowest BCUT2D eigenvalue weighted by atomic mass is 10.2. The van der Waals surface area contributed by atoms with E-state index in [2.05, 4.69) is 9.93 Å². The summed E-state index contributed by atoms with van der Waals surface area (Å²) < 4.78 is 43.2. The standard InChI is InChI=1S/C17H21N2O4PS/c1-4-17(24(20,23-3)15-8-6-5-7-9-15)18-19-25(21,22)16-12-10-14(2)11-13-16/h5-13,19H,4H2,1-3H3/b18-17-. The van der Waals surface area contributed by atoms with Crippen LogP contribution in [0.1, 0.15) is 18.9 Å². The maximum Gasteiger partial charge on any atom is 0.276 e. The average Bonchev–Trinajstić information content (AvgIpc) is 2.63. The summed E-state index contributed by atoms with van der Waals surface area (Å²) in [5.41, 5.74) is 1.10. The van der Waals surface area contributed by atoms with Gasteiger partial charge in [0.2, 0.25) is 0 Å². The summed E-state index contributed by atoms with van der Waals surface area (Å²) in [5, 5.41) is 4.39. The topological polar surface area (TPSA) is 84.8 Å². The third kappa shape index (κ3) is 4.37. The second-order valence-corrected chi connectivity index (χ2v) is 9.52. The van der Waals surface area contributed by atoms with Crippen LogP contribution in [0.5, 0.6) is 0 Å². The Morgan fingerprint density at radius 2 is 1.72 bits per heavy atom. The third-order valence-corrected chi connectivity index (χ3v) is 7.45. The molecule has 0 heterocycles. The van der Waals surface area contributed by atoms with Gasteiger partial charge in [-0.05, 0) is 37.6 Å². The predicted octanol–water partition coefficient (Wildman–Crippen LogP) is 3.25. The molecule has 0 fully saturated rings. The summed E-state index contributed by atoms with van der Waals surface area (Å²) in [5.74, 6) is 0. The van der Waals surface area contributed by atoms with E-state index in [0.717, 1.165) is 5.56 Å². The number of sulfonamides is 1. The highest BCUT2D eigenvalue weighted by Crippen LogP contribution is 2.47. The molecule has 2 aromatic rings. The van der Waals surface area contributed by atoms with E-state index in [9.17, 15) is 13.0 Å². The number of hydrazone groups is 1. The second-order valence-electron chi connectivity index (χ2n) is 5.36. The van der Waals surface area contributed by atoms with Gasteiger partial charge in [0.1, 0.15) is 5.45 Å². The normalized spacial score (nSPS) is 14.8. The van der Waals surface area contributed by atoms with Crippen LogP contribution >= 0.6 is 7.37 Å². The lowest BCUT2D eigenvalue weighted by Crippen LogP contribution is -2.22. The molecular weight excluding hydrogens is 359 g/mol. The van der Waals surface area contributed by atoms with Gasteiger partial charge in [0, 0.05) is 12.4 Å². The fourth-order valence-electron chi connectivity index (χ4n) is 2.22. The number of hydrogen-bond donors (Lipinski definition) is 1. The van der Waals surface area contributed by atoms with Crippen molar-refractivity contribution in [2.45, 2.75) is 25.2 Å². The molecule has 0 aliphatic carbocycles. The van der Waals surface area contributed by atoms with Gasteiger partial charge in [0.05, 0.1) is 4.90 Å². The number of rotatable bonds is 7. The smallest absolute Gasteiger partial charge is 0.276 e. The Morgan fingerprint density at radius 3 is 2.24 bits per heavy atom. The molecule has 0 saturated heterocycles. The van der Waals surface area contributed by atoms with Crippen molar-refractivity contribution >= 4 is 28.1 Å². The highest BCUT2D eigenvalue weighted by Gasteiger charge is 2.31. The van der Waals surface area contributed by atoms with Crippen LogP contribution in [-0.2, 0) is 19.1 Å². The Kier molecular flexibility index (Phi) is 6.16. The molecule has 8 heteroatoms. The van der Waals surface area contributed by atoms with Crippen molar-refractivity contribution in [3.05, 3.63) is 60.2 Å². The molecule has 0 saturated carbocycles. The van der Waals surface area contributed by atoms with Gasteiger partial charge in [-0.15, -0.1) is 0 Å². The molecule has 1 N–H and O–H groups in total. The zero-order valence-corrected chi connectivity index (χ0v) is 16.0. The fourth-order valence-corrected chi connectivity index (χ4v) is 5.00. The van der Waals surface area contributed by atoms with Crippen molar-refractivity contribution in [1.82, 2.24) is 4.83 Å². The molecule has 1 unspecified atom stereocenters. The zero-order chi connectivity index (χ0) is 18.5. The zero-order valence-electron chi connectivity index (χ0n) is 14.3. The highest BCUT2D eigenvalue weighted by molar-refractivity contribution is 7.89. The summed E-state index contributed by atoms with van der Waals surface area (Å²) in [6.45, 7) is 3.61. The van der Waals surface area contributed by atoms with Gasteiger partial charge >= 0.3 is 0 Å². The molecule has 2 aromatic carbocycles. The van der Waals surface area contributed by atoms with Gasteiger partial charge in [-0.3, -0.25) is 4.57 Å². The van der Waals surface area contributed by atoms with Gasteiger partial charge in [0.25, 0.3) is 17.4 Å². The first-order valence-corrected chi connectivity index (χ1v) is 10.8. The van der Waals surface area contributed by atoms with E-state index in [1.807, 2.05) is 6.92 Å². The predicted molar refractivity (Wildman–Crippen MR) is 99.9 cm³/mol. The number of benzene rings is 2. The Hall–Kier alpha value is -1.95. The van der Waals surface area contributed by atoms with Crippen molar-refractivity contribution in [3.8, 4) is 0 Å². The molecule has 0 spiro atoms. The van der Waals surface area contributed by atoms with Crippen LogP contribution in [0.15, 0.2) is 64.6 Å². The summed E-state index contributed by atoms with van der Waals surface area (Å²) >= 11 is 0. The molecule has 0 bridgehead atoms. The monoisotopic (exact) mass is 380 g/mol. The fraction of sp³-hybridized carbons (Fsp3) is 0.235.